The summed E-state index contributed by atoms with van der Waals surface area (Å²) < 4.78 is 0. The summed E-state index contributed by atoms with van der Waals surface area (Å²) in [5.74, 6) is 1.05. The van der Waals surface area contributed by atoms with Gasteiger partial charge in [-0.2, -0.15) is 11.8 Å². The number of hydrogen-bond donors (Lipinski definition) is 1. The van der Waals surface area contributed by atoms with Gasteiger partial charge in [0, 0.05) is 17.2 Å². The molecule has 2 nitrogen and oxygen atoms in total. The number of aromatic nitrogens is 1. The molecule has 0 fully saturated rings. The van der Waals surface area contributed by atoms with Crippen LogP contribution in [-0.4, -0.2) is 23.8 Å². The lowest BCUT2D eigenvalue weighted by atomic mass is 10.2. The molecule has 0 aliphatic heterocycles. The van der Waals surface area contributed by atoms with Crippen LogP contribution in [0.4, 0.5) is 0 Å². The highest BCUT2D eigenvalue weighted by Crippen LogP contribution is 2.15. The van der Waals surface area contributed by atoms with Crippen LogP contribution in [-0.2, 0) is 12.2 Å². The van der Waals surface area contributed by atoms with Crippen molar-refractivity contribution in [2.45, 2.75) is 38.5 Å². The lowest BCUT2D eigenvalue weighted by Gasteiger charge is -2.06. The molecule has 0 radical (unpaired) electrons. The van der Waals surface area contributed by atoms with Crippen molar-refractivity contribution in [3.8, 4) is 0 Å². The zero-order chi connectivity index (χ0) is 11.1. The first-order valence-electron chi connectivity index (χ1n) is 5.38. The summed E-state index contributed by atoms with van der Waals surface area (Å²) in [5, 5.41) is 6.87. The number of rotatable bonds is 7. The fraction of sp³-hybridized carbons (Fsp3) is 0.727. The summed E-state index contributed by atoms with van der Waals surface area (Å²) in [7, 11) is 0. The summed E-state index contributed by atoms with van der Waals surface area (Å²) in [6.45, 7) is 5.45. The van der Waals surface area contributed by atoms with Gasteiger partial charge in [0.15, 0.2) is 0 Å². The third-order valence-corrected chi connectivity index (χ3v) is 3.67. The van der Waals surface area contributed by atoms with Crippen LogP contribution >= 0.6 is 23.1 Å². The Bertz CT molecular complexity index is 271. The van der Waals surface area contributed by atoms with Crippen molar-refractivity contribution in [1.29, 1.82) is 0 Å². The Labute approximate surface area is 101 Å². The van der Waals surface area contributed by atoms with Crippen molar-refractivity contribution in [3.05, 3.63) is 16.1 Å². The maximum atomic E-state index is 4.59. The van der Waals surface area contributed by atoms with E-state index in [0.29, 0.717) is 6.04 Å². The van der Waals surface area contributed by atoms with Crippen LogP contribution < -0.4 is 5.32 Å². The Morgan fingerprint density at radius 1 is 1.53 bits per heavy atom. The van der Waals surface area contributed by atoms with Gasteiger partial charge >= 0.3 is 0 Å². The highest BCUT2D eigenvalue weighted by atomic mass is 32.2. The second kappa shape index (κ2) is 7.25. The van der Waals surface area contributed by atoms with E-state index in [9.17, 15) is 0 Å². The monoisotopic (exact) mass is 244 g/mol. The molecule has 0 aromatic carbocycles. The average molecular weight is 244 g/mol. The molecule has 1 aromatic heterocycles. The molecule has 0 atom stereocenters. The molecule has 86 valence electrons. The first-order chi connectivity index (χ1) is 7.22. The van der Waals surface area contributed by atoms with Gasteiger partial charge < -0.3 is 5.32 Å². The molecule has 0 bridgehead atoms. The normalized spacial score (nSPS) is 11.2. The summed E-state index contributed by atoms with van der Waals surface area (Å²) in [6.07, 6.45) is 4.40. The minimum Gasteiger partial charge on any atom is -0.315 e. The standard InChI is InChI=1S/C11H20N2S2/c1-9(2)12-6-4-5-10-7-15-11(13-10)8-14-3/h7,9,12H,4-6,8H2,1-3H3. The summed E-state index contributed by atoms with van der Waals surface area (Å²) in [6, 6.07) is 0.590. The third-order valence-electron chi connectivity index (χ3n) is 2.03. The largest absolute Gasteiger partial charge is 0.315 e. The number of thioether (sulfide) groups is 1. The van der Waals surface area contributed by atoms with E-state index in [2.05, 4.69) is 35.8 Å². The van der Waals surface area contributed by atoms with Crippen LogP contribution in [0.1, 0.15) is 31.0 Å². The molecule has 4 heteroatoms. The van der Waals surface area contributed by atoms with Gasteiger partial charge in [-0.3, -0.25) is 0 Å². The lowest BCUT2D eigenvalue weighted by Crippen LogP contribution is -2.23. The number of nitrogens with zero attached hydrogens (tertiary/aromatic N) is 1. The summed E-state index contributed by atoms with van der Waals surface area (Å²) >= 11 is 3.62. The molecule has 0 unspecified atom stereocenters. The number of hydrogen-bond acceptors (Lipinski definition) is 4. The van der Waals surface area contributed by atoms with Gasteiger partial charge in [0.1, 0.15) is 5.01 Å². The maximum Gasteiger partial charge on any atom is 0.103 e. The van der Waals surface area contributed by atoms with Gasteiger partial charge in [-0.25, -0.2) is 4.98 Å². The first-order valence-corrected chi connectivity index (χ1v) is 7.65. The SMILES string of the molecule is CSCc1nc(CCCNC(C)C)cs1. The van der Waals surface area contributed by atoms with Crippen LogP contribution in [0.25, 0.3) is 0 Å². The van der Waals surface area contributed by atoms with Gasteiger partial charge in [-0.15, -0.1) is 11.3 Å². The number of thiazole rings is 1. The molecule has 1 aromatic rings. The van der Waals surface area contributed by atoms with Crippen LogP contribution in [0.5, 0.6) is 0 Å². The van der Waals surface area contributed by atoms with E-state index in [1.54, 1.807) is 11.3 Å². The van der Waals surface area contributed by atoms with Crippen LogP contribution in [0, 0.1) is 0 Å². The summed E-state index contributed by atoms with van der Waals surface area (Å²) in [5.41, 5.74) is 1.26. The van der Waals surface area contributed by atoms with Crippen molar-refractivity contribution in [3.63, 3.8) is 0 Å². The van der Waals surface area contributed by atoms with E-state index >= 15 is 0 Å². The van der Waals surface area contributed by atoms with E-state index in [1.165, 1.54) is 17.1 Å². The molecule has 1 heterocycles. The minimum absolute atomic E-state index is 0.590. The molecule has 0 amide bonds. The zero-order valence-corrected chi connectivity index (χ0v) is 11.4. The summed E-state index contributed by atoms with van der Waals surface area (Å²) in [4.78, 5) is 4.59. The van der Waals surface area contributed by atoms with Crippen LogP contribution in [0.2, 0.25) is 0 Å². The third kappa shape index (κ3) is 5.54. The molecule has 0 aliphatic carbocycles. The topological polar surface area (TPSA) is 24.9 Å². The van der Waals surface area contributed by atoms with Crippen molar-refractivity contribution < 1.29 is 0 Å². The predicted octanol–water partition coefficient (Wildman–Crippen LogP) is 2.94. The van der Waals surface area contributed by atoms with Gasteiger partial charge in [-0.05, 0) is 25.6 Å². The van der Waals surface area contributed by atoms with E-state index in [-0.39, 0.29) is 0 Å². The van der Waals surface area contributed by atoms with Gasteiger partial charge in [0.25, 0.3) is 0 Å². The second-order valence-corrected chi connectivity index (χ2v) is 5.69. The second-order valence-electron chi connectivity index (χ2n) is 3.88. The lowest BCUT2D eigenvalue weighted by molar-refractivity contribution is 0.569. The fourth-order valence-electron chi connectivity index (χ4n) is 1.31. The van der Waals surface area contributed by atoms with E-state index in [4.69, 9.17) is 0 Å². The van der Waals surface area contributed by atoms with Gasteiger partial charge in [-0.1, -0.05) is 13.8 Å². The smallest absolute Gasteiger partial charge is 0.103 e. The van der Waals surface area contributed by atoms with E-state index in [1.807, 2.05) is 11.8 Å². The molecule has 15 heavy (non-hydrogen) atoms. The highest BCUT2D eigenvalue weighted by molar-refractivity contribution is 7.97. The molecule has 0 saturated heterocycles. The average Bonchev–Trinajstić information content (AvgIpc) is 2.61. The van der Waals surface area contributed by atoms with Crippen molar-refractivity contribution in [2.24, 2.45) is 0 Å². The fourth-order valence-corrected chi connectivity index (χ4v) is 2.86. The molecule has 1 rings (SSSR count). The van der Waals surface area contributed by atoms with E-state index < -0.39 is 0 Å². The van der Waals surface area contributed by atoms with E-state index in [0.717, 1.165) is 18.7 Å². The van der Waals surface area contributed by atoms with Crippen LogP contribution in [0.15, 0.2) is 5.38 Å². The highest BCUT2D eigenvalue weighted by Gasteiger charge is 2.01. The predicted molar refractivity (Wildman–Crippen MR) is 70.8 cm³/mol. The minimum atomic E-state index is 0.590. The quantitative estimate of drug-likeness (QED) is 0.747. The Kier molecular flexibility index (Phi) is 6.29. The molecular formula is C11H20N2S2. The number of nitrogens with one attached hydrogen (secondary N) is 1. The first kappa shape index (κ1) is 13.0. The molecule has 1 N–H and O–H groups in total. The van der Waals surface area contributed by atoms with Crippen LogP contribution in [0.3, 0.4) is 0 Å². The Morgan fingerprint density at radius 3 is 3.00 bits per heavy atom. The molecular weight excluding hydrogens is 224 g/mol. The van der Waals surface area contributed by atoms with Gasteiger partial charge in [0.05, 0.1) is 5.69 Å². The number of aryl methyl sites for hydroxylation is 1. The Balaban J connectivity index is 2.19. The zero-order valence-electron chi connectivity index (χ0n) is 9.75. The van der Waals surface area contributed by atoms with Crippen molar-refractivity contribution in [1.82, 2.24) is 10.3 Å². The maximum absolute atomic E-state index is 4.59. The van der Waals surface area contributed by atoms with Crippen molar-refractivity contribution >= 4 is 23.1 Å². The Morgan fingerprint density at radius 2 is 2.33 bits per heavy atom. The van der Waals surface area contributed by atoms with Crippen molar-refractivity contribution in [2.75, 3.05) is 12.8 Å². The van der Waals surface area contributed by atoms with Gasteiger partial charge in [0.2, 0.25) is 0 Å². The molecule has 0 saturated carbocycles. The molecule has 0 aliphatic rings. The molecule has 0 spiro atoms. The Hall–Kier alpha value is -0.0600.